The molecule has 4 nitrogen and oxygen atoms in total. The summed E-state index contributed by atoms with van der Waals surface area (Å²) in [4.78, 5) is 12.2. The highest BCUT2D eigenvalue weighted by Crippen LogP contribution is 2.18. The van der Waals surface area contributed by atoms with Crippen molar-refractivity contribution in [3.63, 3.8) is 0 Å². The lowest BCUT2D eigenvalue weighted by atomic mass is 10.2. The van der Waals surface area contributed by atoms with E-state index < -0.39 is 0 Å². The molecule has 0 atom stereocenters. The first kappa shape index (κ1) is 18.0. The van der Waals surface area contributed by atoms with Crippen LogP contribution in [0.3, 0.4) is 0 Å². The minimum absolute atomic E-state index is 0.156. The molecule has 3 aromatic carbocycles. The van der Waals surface area contributed by atoms with E-state index in [9.17, 15) is 4.79 Å². The number of hydrogen-bond acceptors (Lipinski definition) is 3. The maximum absolute atomic E-state index is 12.2. The minimum atomic E-state index is -0.156. The molecule has 0 fully saturated rings. The topological polar surface area (TPSA) is 47.6 Å². The predicted molar refractivity (Wildman–Crippen MR) is 106 cm³/mol. The first-order valence-electron chi connectivity index (χ1n) is 8.18. The molecule has 3 rings (SSSR count). The number of amides is 1. The van der Waals surface area contributed by atoms with Gasteiger partial charge in [0, 0.05) is 15.7 Å². The van der Waals surface area contributed by atoms with Gasteiger partial charge < -0.3 is 14.8 Å². The molecule has 1 N–H and O–H groups in total. The fraction of sp³-hybridized carbons (Fsp3) is 0.0952. The Kier molecular flexibility index (Phi) is 6.28. The van der Waals surface area contributed by atoms with Crippen molar-refractivity contribution in [1.29, 1.82) is 0 Å². The van der Waals surface area contributed by atoms with Crippen molar-refractivity contribution in [3.05, 3.63) is 88.9 Å². The monoisotopic (exact) mass is 411 g/mol. The highest BCUT2D eigenvalue weighted by atomic mass is 79.9. The van der Waals surface area contributed by atoms with Gasteiger partial charge >= 0.3 is 0 Å². The fourth-order valence-electron chi connectivity index (χ4n) is 2.30. The van der Waals surface area contributed by atoms with E-state index in [4.69, 9.17) is 9.47 Å². The molecule has 0 aliphatic heterocycles. The maximum atomic E-state index is 12.2. The maximum Gasteiger partial charge on any atom is 0.255 e. The first-order chi connectivity index (χ1) is 12.7. The molecule has 0 radical (unpaired) electrons. The highest BCUT2D eigenvalue weighted by Gasteiger charge is 2.06. The number of rotatable bonds is 7. The quantitative estimate of drug-likeness (QED) is 0.546. The first-order valence-corrected chi connectivity index (χ1v) is 8.98. The molecule has 1 amide bonds. The van der Waals surface area contributed by atoms with Gasteiger partial charge in [0.05, 0.1) is 0 Å². The smallest absolute Gasteiger partial charge is 0.255 e. The van der Waals surface area contributed by atoms with Crippen LogP contribution >= 0.6 is 15.9 Å². The summed E-state index contributed by atoms with van der Waals surface area (Å²) in [5, 5.41) is 2.86. The van der Waals surface area contributed by atoms with Crippen LogP contribution in [0.2, 0.25) is 0 Å². The third kappa shape index (κ3) is 5.36. The molecule has 5 heteroatoms. The molecule has 26 heavy (non-hydrogen) atoms. The van der Waals surface area contributed by atoms with Crippen molar-refractivity contribution >= 4 is 27.5 Å². The Hall–Kier alpha value is -2.79. The summed E-state index contributed by atoms with van der Waals surface area (Å²) in [6, 6.07) is 24.1. The Balaban J connectivity index is 1.46. The zero-order chi connectivity index (χ0) is 18.2. The molecule has 0 aromatic heterocycles. The van der Waals surface area contributed by atoms with E-state index >= 15 is 0 Å². The van der Waals surface area contributed by atoms with Crippen LogP contribution in [0, 0.1) is 0 Å². The van der Waals surface area contributed by atoms with Crippen molar-refractivity contribution in [1.82, 2.24) is 0 Å². The Morgan fingerprint density at radius 2 is 1.46 bits per heavy atom. The summed E-state index contributed by atoms with van der Waals surface area (Å²) in [5.41, 5.74) is 1.31. The van der Waals surface area contributed by atoms with Gasteiger partial charge in [-0.1, -0.05) is 40.2 Å². The number of anilines is 1. The van der Waals surface area contributed by atoms with E-state index in [-0.39, 0.29) is 5.91 Å². The van der Waals surface area contributed by atoms with E-state index in [0.717, 1.165) is 16.0 Å². The van der Waals surface area contributed by atoms with Crippen LogP contribution in [-0.2, 0) is 0 Å². The van der Waals surface area contributed by atoms with Crippen molar-refractivity contribution < 1.29 is 14.3 Å². The van der Waals surface area contributed by atoms with Crippen molar-refractivity contribution in [2.24, 2.45) is 0 Å². The third-order valence-electron chi connectivity index (χ3n) is 3.56. The molecule has 0 spiro atoms. The van der Waals surface area contributed by atoms with Crippen LogP contribution in [0.1, 0.15) is 10.4 Å². The second-order valence-electron chi connectivity index (χ2n) is 5.50. The number of ether oxygens (including phenoxy) is 2. The van der Waals surface area contributed by atoms with E-state index in [0.29, 0.717) is 24.5 Å². The second-order valence-corrected chi connectivity index (χ2v) is 6.41. The molecule has 0 heterocycles. The Labute approximate surface area is 160 Å². The van der Waals surface area contributed by atoms with Gasteiger partial charge in [0.2, 0.25) is 0 Å². The minimum Gasteiger partial charge on any atom is -0.490 e. The predicted octanol–water partition coefficient (Wildman–Crippen LogP) is 5.16. The molecule has 0 bridgehead atoms. The molecule has 0 saturated carbocycles. The molecule has 3 aromatic rings. The van der Waals surface area contributed by atoms with Gasteiger partial charge in [0.25, 0.3) is 5.91 Å². The molecular formula is C21H18BrNO3. The number of nitrogens with one attached hydrogen (secondary N) is 1. The van der Waals surface area contributed by atoms with Crippen LogP contribution in [0.15, 0.2) is 83.3 Å². The summed E-state index contributed by atoms with van der Waals surface area (Å²) in [6.45, 7) is 0.907. The van der Waals surface area contributed by atoms with Crippen molar-refractivity contribution in [3.8, 4) is 11.5 Å². The van der Waals surface area contributed by atoms with Gasteiger partial charge in [-0.3, -0.25) is 4.79 Å². The average Bonchev–Trinajstić information content (AvgIpc) is 2.67. The Bertz CT molecular complexity index is 851. The zero-order valence-electron chi connectivity index (χ0n) is 14.0. The summed E-state index contributed by atoms with van der Waals surface area (Å²) < 4.78 is 12.1. The van der Waals surface area contributed by atoms with Crippen molar-refractivity contribution in [2.45, 2.75) is 0 Å². The van der Waals surface area contributed by atoms with Gasteiger partial charge in [0.1, 0.15) is 24.7 Å². The molecular weight excluding hydrogens is 394 g/mol. The van der Waals surface area contributed by atoms with Gasteiger partial charge in [-0.15, -0.1) is 0 Å². The van der Waals surface area contributed by atoms with Crippen molar-refractivity contribution in [2.75, 3.05) is 18.5 Å². The summed E-state index contributed by atoms with van der Waals surface area (Å²) >= 11 is 3.36. The van der Waals surface area contributed by atoms with Crippen LogP contribution < -0.4 is 14.8 Å². The summed E-state index contributed by atoms with van der Waals surface area (Å²) in [6.07, 6.45) is 0. The Morgan fingerprint density at radius 3 is 2.12 bits per heavy atom. The number of carbonyl (C=O) groups is 1. The zero-order valence-corrected chi connectivity index (χ0v) is 15.6. The van der Waals surface area contributed by atoms with E-state index in [2.05, 4.69) is 21.2 Å². The molecule has 0 saturated heterocycles. The van der Waals surface area contributed by atoms with Crippen LogP contribution in [0.25, 0.3) is 0 Å². The van der Waals surface area contributed by atoms with Gasteiger partial charge in [0.15, 0.2) is 0 Å². The number of para-hydroxylation sites is 1. The van der Waals surface area contributed by atoms with Crippen LogP contribution in [-0.4, -0.2) is 19.1 Å². The Morgan fingerprint density at radius 1 is 0.808 bits per heavy atom. The standard InChI is InChI=1S/C21H18BrNO3/c22-17-6-4-5-16(15-17)21(24)23-18-9-11-20(12-10-18)26-14-13-25-19-7-2-1-3-8-19/h1-12,15H,13-14H2,(H,23,24). The lowest BCUT2D eigenvalue weighted by Gasteiger charge is -2.09. The number of carbonyl (C=O) groups excluding carboxylic acids is 1. The molecule has 0 unspecified atom stereocenters. The van der Waals surface area contributed by atoms with E-state index in [1.165, 1.54) is 0 Å². The molecule has 0 aliphatic rings. The van der Waals surface area contributed by atoms with Gasteiger partial charge in [-0.2, -0.15) is 0 Å². The van der Waals surface area contributed by atoms with Crippen LogP contribution in [0.4, 0.5) is 5.69 Å². The lowest BCUT2D eigenvalue weighted by Crippen LogP contribution is -2.12. The molecule has 0 aliphatic carbocycles. The fourth-order valence-corrected chi connectivity index (χ4v) is 2.70. The molecule has 132 valence electrons. The van der Waals surface area contributed by atoms with Gasteiger partial charge in [-0.25, -0.2) is 0 Å². The summed E-state index contributed by atoms with van der Waals surface area (Å²) in [5.74, 6) is 1.39. The highest BCUT2D eigenvalue weighted by molar-refractivity contribution is 9.10. The third-order valence-corrected chi connectivity index (χ3v) is 4.06. The van der Waals surface area contributed by atoms with Gasteiger partial charge in [-0.05, 0) is 54.6 Å². The number of hydrogen-bond donors (Lipinski definition) is 1. The van der Waals surface area contributed by atoms with E-state index in [1.807, 2.05) is 66.7 Å². The second kappa shape index (κ2) is 9.06. The summed E-state index contributed by atoms with van der Waals surface area (Å²) in [7, 11) is 0. The average molecular weight is 412 g/mol. The SMILES string of the molecule is O=C(Nc1ccc(OCCOc2ccccc2)cc1)c1cccc(Br)c1. The normalized spacial score (nSPS) is 10.2. The number of halogens is 1. The van der Waals surface area contributed by atoms with E-state index in [1.54, 1.807) is 12.1 Å². The lowest BCUT2D eigenvalue weighted by molar-refractivity contribution is 0.102. The van der Waals surface area contributed by atoms with Crippen LogP contribution in [0.5, 0.6) is 11.5 Å². The number of benzene rings is 3. The largest absolute Gasteiger partial charge is 0.490 e.